The van der Waals surface area contributed by atoms with Gasteiger partial charge in [-0.15, -0.1) is 0 Å². The van der Waals surface area contributed by atoms with Gasteiger partial charge in [-0.05, 0) is 82.6 Å². The standard InChI is InChI=1S/C32H40FN3O2/c1-7-25-20-28(31(37)36-18-16-23-11-8-9-13-27(23)22(36)3)34-29(35(25)6)19-21(2)26-14-10-12-24(30(26)33)15-17-32(4,5)38/h10,12,14-15,17,19-20,22,38H,2,7-9,11,13,16,18H2,1,3-6H3/b17-15+,29-19-. The molecule has 0 saturated heterocycles. The van der Waals surface area contributed by atoms with E-state index >= 15 is 4.39 Å². The predicted octanol–water partition coefficient (Wildman–Crippen LogP) is 6.64. The van der Waals surface area contributed by atoms with Crippen LogP contribution in [0.25, 0.3) is 11.6 Å². The van der Waals surface area contributed by atoms with Gasteiger partial charge in [0.05, 0.1) is 11.6 Å². The molecule has 1 aliphatic carbocycles. The maximum Gasteiger partial charge on any atom is 0.273 e. The molecule has 3 aliphatic rings. The third-order valence-electron chi connectivity index (χ3n) is 7.76. The zero-order valence-electron chi connectivity index (χ0n) is 23.4. The Labute approximate surface area is 226 Å². The van der Waals surface area contributed by atoms with Crippen molar-refractivity contribution in [2.45, 2.75) is 77.9 Å². The van der Waals surface area contributed by atoms with Crippen LogP contribution < -0.4 is 0 Å². The van der Waals surface area contributed by atoms with Crippen LogP contribution in [0.15, 0.2) is 70.7 Å². The summed E-state index contributed by atoms with van der Waals surface area (Å²) in [5, 5.41) is 9.98. The van der Waals surface area contributed by atoms with E-state index in [9.17, 15) is 9.90 Å². The summed E-state index contributed by atoms with van der Waals surface area (Å²) < 4.78 is 15.4. The van der Waals surface area contributed by atoms with Gasteiger partial charge < -0.3 is 14.9 Å². The maximum absolute atomic E-state index is 15.4. The van der Waals surface area contributed by atoms with Gasteiger partial charge in [0, 0.05) is 30.4 Å². The second-order valence-electron chi connectivity index (χ2n) is 11.0. The Balaban J connectivity index is 1.64. The quantitative estimate of drug-likeness (QED) is 0.431. The van der Waals surface area contributed by atoms with Crippen LogP contribution in [0.1, 0.15) is 77.3 Å². The Morgan fingerprint density at radius 1 is 1.26 bits per heavy atom. The maximum atomic E-state index is 15.4. The van der Waals surface area contributed by atoms with Crippen LogP contribution in [-0.4, -0.2) is 51.8 Å². The van der Waals surface area contributed by atoms with Crippen molar-refractivity contribution in [2.75, 3.05) is 13.6 Å². The lowest BCUT2D eigenvalue weighted by Gasteiger charge is -2.39. The van der Waals surface area contributed by atoms with Crippen LogP contribution in [0, 0.1) is 5.82 Å². The molecule has 0 spiro atoms. The number of carbonyl (C=O) groups excluding carboxylic acids is 1. The fraction of sp³-hybridized carbons (Fsp3) is 0.438. The first-order valence-electron chi connectivity index (χ1n) is 13.7. The molecule has 1 atom stereocenters. The van der Waals surface area contributed by atoms with Gasteiger partial charge in [0.15, 0.2) is 0 Å². The zero-order chi connectivity index (χ0) is 27.6. The summed E-state index contributed by atoms with van der Waals surface area (Å²) in [6.07, 6.45) is 13.1. The van der Waals surface area contributed by atoms with E-state index in [1.165, 1.54) is 18.4 Å². The van der Waals surface area contributed by atoms with Crippen LogP contribution in [0.5, 0.6) is 0 Å². The van der Waals surface area contributed by atoms with E-state index in [2.05, 4.69) is 13.5 Å². The van der Waals surface area contributed by atoms with Gasteiger partial charge in [-0.1, -0.05) is 49.4 Å². The van der Waals surface area contributed by atoms with Crippen molar-refractivity contribution in [1.82, 2.24) is 9.80 Å². The summed E-state index contributed by atoms with van der Waals surface area (Å²) in [6.45, 7) is 12.3. The van der Waals surface area contributed by atoms with E-state index in [-0.39, 0.29) is 11.9 Å². The van der Waals surface area contributed by atoms with E-state index in [1.807, 2.05) is 29.8 Å². The molecule has 0 fully saturated rings. The number of hydrogen-bond acceptors (Lipinski definition) is 4. The largest absolute Gasteiger partial charge is 0.386 e. The number of nitrogens with zero attached hydrogens (tertiary/aromatic N) is 3. The van der Waals surface area contributed by atoms with E-state index in [0.29, 0.717) is 34.8 Å². The minimum absolute atomic E-state index is 0.0601. The zero-order valence-corrected chi connectivity index (χ0v) is 23.4. The molecular formula is C32H40FN3O2. The fourth-order valence-electron chi connectivity index (χ4n) is 5.51. The number of allylic oxidation sites excluding steroid dienone is 3. The summed E-state index contributed by atoms with van der Waals surface area (Å²) in [5.41, 5.74) is 4.47. The third kappa shape index (κ3) is 5.91. The molecule has 0 radical (unpaired) electrons. The van der Waals surface area contributed by atoms with Crippen molar-refractivity contribution in [3.05, 3.63) is 82.6 Å². The number of benzene rings is 1. The summed E-state index contributed by atoms with van der Waals surface area (Å²) in [7, 11) is 1.90. The first-order valence-corrected chi connectivity index (χ1v) is 13.7. The topological polar surface area (TPSA) is 56.1 Å². The normalized spacial score (nSPS) is 21.6. The highest BCUT2D eigenvalue weighted by Crippen LogP contribution is 2.35. The lowest BCUT2D eigenvalue weighted by Crippen LogP contribution is -2.47. The van der Waals surface area contributed by atoms with E-state index in [1.54, 1.807) is 55.8 Å². The van der Waals surface area contributed by atoms with Crippen LogP contribution in [0.3, 0.4) is 0 Å². The van der Waals surface area contributed by atoms with Crippen molar-refractivity contribution < 1.29 is 14.3 Å². The molecule has 202 valence electrons. The second kappa shape index (κ2) is 11.2. The monoisotopic (exact) mass is 517 g/mol. The van der Waals surface area contributed by atoms with Gasteiger partial charge in [-0.25, -0.2) is 9.38 Å². The molecule has 6 heteroatoms. The molecule has 0 saturated carbocycles. The molecule has 2 heterocycles. The van der Waals surface area contributed by atoms with Crippen molar-refractivity contribution in [3.63, 3.8) is 0 Å². The Hall–Kier alpha value is -3.25. The van der Waals surface area contributed by atoms with E-state index in [0.717, 1.165) is 31.4 Å². The molecule has 1 aromatic carbocycles. The smallest absolute Gasteiger partial charge is 0.273 e. The first-order chi connectivity index (χ1) is 18.0. The Kier molecular flexibility index (Phi) is 8.22. The Bertz CT molecular complexity index is 1280. The van der Waals surface area contributed by atoms with Gasteiger partial charge in [-0.2, -0.15) is 0 Å². The second-order valence-corrected chi connectivity index (χ2v) is 11.0. The number of carbonyl (C=O) groups is 1. The van der Waals surface area contributed by atoms with Crippen LogP contribution in [-0.2, 0) is 4.79 Å². The summed E-state index contributed by atoms with van der Waals surface area (Å²) in [6, 6.07) is 5.19. The minimum Gasteiger partial charge on any atom is -0.386 e. The summed E-state index contributed by atoms with van der Waals surface area (Å²) in [5.74, 6) is 0.0745. The number of rotatable bonds is 6. The van der Waals surface area contributed by atoms with Crippen LogP contribution in [0.4, 0.5) is 4.39 Å². The molecule has 1 aromatic rings. The average molecular weight is 518 g/mol. The van der Waals surface area contributed by atoms with Crippen LogP contribution in [0.2, 0.25) is 0 Å². The number of amides is 1. The summed E-state index contributed by atoms with van der Waals surface area (Å²) >= 11 is 0. The highest BCUT2D eigenvalue weighted by molar-refractivity contribution is 6.44. The molecule has 0 aromatic heterocycles. The average Bonchev–Trinajstić information content (AvgIpc) is 2.88. The van der Waals surface area contributed by atoms with Gasteiger partial charge in [0.25, 0.3) is 5.91 Å². The van der Waals surface area contributed by atoms with E-state index < -0.39 is 11.4 Å². The molecule has 5 nitrogen and oxygen atoms in total. The van der Waals surface area contributed by atoms with Crippen molar-refractivity contribution in [2.24, 2.45) is 4.99 Å². The van der Waals surface area contributed by atoms with Gasteiger partial charge >= 0.3 is 0 Å². The van der Waals surface area contributed by atoms with E-state index in [4.69, 9.17) is 4.99 Å². The highest BCUT2D eigenvalue weighted by Gasteiger charge is 2.33. The van der Waals surface area contributed by atoms with Crippen molar-refractivity contribution in [1.29, 1.82) is 0 Å². The molecule has 4 rings (SSSR count). The highest BCUT2D eigenvalue weighted by atomic mass is 19.1. The van der Waals surface area contributed by atoms with Crippen molar-refractivity contribution in [3.8, 4) is 0 Å². The number of aliphatic imine (C=N–C) groups is 1. The number of aliphatic hydroxyl groups is 1. The lowest BCUT2D eigenvalue weighted by molar-refractivity contribution is -0.125. The SMILES string of the molecule is C=C(/C=C1/N=C(C(=O)N2CCC3=C(CCCC3)C2C)C=C(CC)N1C)c1cccc(/C=C/C(C)(C)O)c1F. The molecule has 1 amide bonds. The summed E-state index contributed by atoms with van der Waals surface area (Å²) in [4.78, 5) is 22.4. The Morgan fingerprint density at radius 3 is 2.71 bits per heavy atom. The molecule has 2 aliphatic heterocycles. The number of halogens is 1. The van der Waals surface area contributed by atoms with Crippen molar-refractivity contribution >= 4 is 23.3 Å². The van der Waals surface area contributed by atoms with Gasteiger partial charge in [-0.3, -0.25) is 4.79 Å². The first kappa shape index (κ1) is 27.8. The number of hydrogen-bond donors (Lipinski definition) is 1. The molecule has 1 unspecified atom stereocenters. The molecule has 0 bridgehead atoms. The molecular weight excluding hydrogens is 477 g/mol. The van der Waals surface area contributed by atoms with Crippen LogP contribution >= 0.6 is 0 Å². The minimum atomic E-state index is -1.05. The molecule has 1 N–H and O–H groups in total. The third-order valence-corrected chi connectivity index (χ3v) is 7.76. The fourth-order valence-corrected chi connectivity index (χ4v) is 5.51. The predicted molar refractivity (Wildman–Crippen MR) is 154 cm³/mol. The lowest BCUT2D eigenvalue weighted by atomic mass is 9.83. The van der Waals surface area contributed by atoms with Gasteiger partial charge in [0.1, 0.15) is 17.3 Å². The molecule has 38 heavy (non-hydrogen) atoms. The van der Waals surface area contributed by atoms with Gasteiger partial charge in [0.2, 0.25) is 0 Å². The Morgan fingerprint density at radius 2 is 2.00 bits per heavy atom.